The van der Waals surface area contributed by atoms with Crippen LogP contribution in [0.4, 0.5) is 34.3 Å². The molecule has 0 spiro atoms. The van der Waals surface area contributed by atoms with Gasteiger partial charge in [-0.15, -0.1) is 5.10 Å². The van der Waals surface area contributed by atoms with E-state index in [9.17, 15) is 28.6 Å². The van der Waals surface area contributed by atoms with E-state index in [2.05, 4.69) is 20.2 Å². The summed E-state index contributed by atoms with van der Waals surface area (Å²) >= 11 is 0. The van der Waals surface area contributed by atoms with Gasteiger partial charge in [-0.3, -0.25) is 25.0 Å². The van der Waals surface area contributed by atoms with Gasteiger partial charge in [0.2, 0.25) is 0 Å². The van der Waals surface area contributed by atoms with Crippen molar-refractivity contribution in [2.45, 2.75) is 11.8 Å². The maximum absolute atomic E-state index is 12.7. The molecular formula is C19H19N7O6S. The summed E-state index contributed by atoms with van der Waals surface area (Å²) in [6, 6.07) is 9.44. The number of sulfonamides is 1. The molecule has 0 fully saturated rings. The number of nitro groups is 2. The van der Waals surface area contributed by atoms with Crippen molar-refractivity contribution in [3.8, 4) is 0 Å². The van der Waals surface area contributed by atoms with Crippen LogP contribution >= 0.6 is 0 Å². The van der Waals surface area contributed by atoms with Crippen molar-refractivity contribution in [3.05, 3.63) is 74.5 Å². The fraction of sp³-hybridized carbons (Fsp3) is 0.158. The lowest BCUT2D eigenvalue weighted by Crippen LogP contribution is -2.14. The van der Waals surface area contributed by atoms with Crippen LogP contribution in [0.1, 0.15) is 5.56 Å². The SMILES string of the molecule is Cc1c([N+](=O)[O-])cc(S(=O)(=O)Nc2ccc(Nc3cc(N(C)C)cnn3)cc2)cc1[N+](=O)[O-]. The normalized spacial score (nSPS) is 11.0. The highest BCUT2D eigenvalue weighted by Crippen LogP contribution is 2.32. The number of nitrogens with one attached hydrogen (secondary N) is 2. The molecule has 2 aromatic carbocycles. The van der Waals surface area contributed by atoms with Crippen molar-refractivity contribution in [1.82, 2.24) is 10.2 Å². The topological polar surface area (TPSA) is 174 Å². The van der Waals surface area contributed by atoms with Crippen LogP contribution in [0.2, 0.25) is 0 Å². The lowest BCUT2D eigenvalue weighted by molar-refractivity contribution is -0.395. The van der Waals surface area contributed by atoms with Gasteiger partial charge in [-0.2, -0.15) is 5.10 Å². The Balaban J connectivity index is 1.84. The maximum atomic E-state index is 12.7. The van der Waals surface area contributed by atoms with E-state index in [1.54, 1.807) is 24.4 Å². The highest BCUT2D eigenvalue weighted by atomic mass is 32.2. The summed E-state index contributed by atoms with van der Waals surface area (Å²) in [6.07, 6.45) is 1.60. The molecular weight excluding hydrogens is 454 g/mol. The van der Waals surface area contributed by atoms with Crippen LogP contribution in [0.15, 0.2) is 53.6 Å². The molecule has 0 saturated carbocycles. The molecule has 3 aromatic rings. The first-order valence-corrected chi connectivity index (χ1v) is 10.8. The van der Waals surface area contributed by atoms with Crippen molar-refractivity contribution >= 4 is 44.3 Å². The van der Waals surface area contributed by atoms with Crippen LogP contribution in [0.3, 0.4) is 0 Å². The molecule has 13 nitrogen and oxygen atoms in total. The molecule has 0 unspecified atom stereocenters. The second kappa shape index (κ2) is 9.04. The van der Waals surface area contributed by atoms with Crippen molar-refractivity contribution in [2.75, 3.05) is 29.0 Å². The summed E-state index contributed by atoms with van der Waals surface area (Å²) in [5, 5.41) is 33.4. The van der Waals surface area contributed by atoms with Crippen LogP contribution in [-0.2, 0) is 10.0 Å². The predicted octanol–water partition coefficient (Wildman–Crippen LogP) is 3.21. The van der Waals surface area contributed by atoms with Crippen LogP contribution in [0.25, 0.3) is 0 Å². The van der Waals surface area contributed by atoms with Crippen molar-refractivity contribution < 1.29 is 18.3 Å². The average Bonchev–Trinajstić information content (AvgIpc) is 2.74. The van der Waals surface area contributed by atoms with E-state index in [0.717, 1.165) is 17.8 Å². The van der Waals surface area contributed by atoms with Crippen molar-refractivity contribution in [3.63, 3.8) is 0 Å². The first-order valence-electron chi connectivity index (χ1n) is 9.31. The first kappa shape index (κ1) is 23.3. The van der Waals surface area contributed by atoms with Crippen LogP contribution in [0.5, 0.6) is 0 Å². The quantitative estimate of drug-likeness (QED) is 0.365. The molecule has 0 bridgehead atoms. The minimum atomic E-state index is -4.34. The van der Waals surface area contributed by atoms with E-state index < -0.39 is 36.1 Å². The van der Waals surface area contributed by atoms with Gasteiger partial charge in [0.25, 0.3) is 21.4 Å². The Morgan fingerprint density at radius 1 is 0.939 bits per heavy atom. The number of nitro benzene ring substituents is 2. The van der Waals surface area contributed by atoms with Crippen LogP contribution < -0.4 is 14.9 Å². The smallest absolute Gasteiger partial charge is 0.280 e. The van der Waals surface area contributed by atoms with Gasteiger partial charge >= 0.3 is 0 Å². The van der Waals surface area contributed by atoms with E-state index in [1.165, 1.54) is 19.1 Å². The summed E-state index contributed by atoms with van der Waals surface area (Å²) in [4.78, 5) is 22.0. The number of hydrogen-bond donors (Lipinski definition) is 2. The average molecular weight is 473 g/mol. The lowest BCUT2D eigenvalue weighted by atomic mass is 10.1. The fourth-order valence-corrected chi connectivity index (χ4v) is 3.94. The van der Waals surface area contributed by atoms with Gasteiger partial charge < -0.3 is 10.2 Å². The van der Waals surface area contributed by atoms with Crippen molar-refractivity contribution in [2.24, 2.45) is 0 Å². The Hall–Kier alpha value is -4.33. The zero-order valence-electron chi connectivity index (χ0n) is 17.7. The molecule has 0 amide bonds. The summed E-state index contributed by atoms with van der Waals surface area (Å²) in [7, 11) is -0.616. The Morgan fingerprint density at radius 2 is 1.48 bits per heavy atom. The monoisotopic (exact) mass is 473 g/mol. The largest absolute Gasteiger partial charge is 0.376 e. The van der Waals surface area contributed by atoms with Gasteiger partial charge in [0.15, 0.2) is 5.82 Å². The number of rotatable bonds is 8. The van der Waals surface area contributed by atoms with Gasteiger partial charge in [0, 0.05) is 43.7 Å². The molecule has 1 aromatic heterocycles. The predicted molar refractivity (Wildman–Crippen MR) is 121 cm³/mol. The molecule has 2 N–H and O–H groups in total. The Labute approximate surface area is 188 Å². The number of hydrogen-bond acceptors (Lipinski definition) is 10. The number of benzene rings is 2. The van der Waals surface area contributed by atoms with E-state index in [-0.39, 0.29) is 11.3 Å². The third kappa shape index (κ3) is 5.30. The number of anilines is 4. The molecule has 0 saturated heterocycles. The summed E-state index contributed by atoms with van der Waals surface area (Å²) < 4.78 is 27.8. The second-order valence-corrected chi connectivity index (χ2v) is 8.78. The molecule has 3 rings (SSSR count). The zero-order chi connectivity index (χ0) is 24.3. The van der Waals surface area contributed by atoms with E-state index in [1.807, 2.05) is 19.0 Å². The second-order valence-electron chi connectivity index (χ2n) is 7.10. The van der Waals surface area contributed by atoms with Crippen molar-refractivity contribution in [1.29, 1.82) is 0 Å². The molecule has 172 valence electrons. The standard InChI is InChI=1S/C19H19N7O6S/c1-12-17(25(27)28)9-16(10-18(12)26(29)30)33(31,32)23-14-6-4-13(5-7-14)21-19-8-15(24(2)3)11-20-22-19/h4-11,23H,1-3H3,(H,21,22). The summed E-state index contributed by atoms with van der Waals surface area (Å²) in [5.74, 6) is 0.480. The highest BCUT2D eigenvalue weighted by Gasteiger charge is 2.28. The van der Waals surface area contributed by atoms with Crippen LogP contribution in [-0.4, -0.2) is 42.6 Å². The van der Waals surface area contributed by atoms with Crippen LogP contribution in [0, 0.1) is 27.2 Å². The Morgan fingerprint density at radius 3 is 2.00 bits per heavy atom. The minimum Gasteiger partial charge on any atom is -0.376 e. The van der Waals surface area contributed by atoms with Gasteiger partial charge in [0.1, 0.15) is 10.5 Å². The molecule has 0 radical (unpaired) electrons. The third-order valence-corrected chi connectivity index (χ3v) is 5.96. The molecule has 0 aliphatic heterocycles. The zero-order valence-corrected chi connectivity index (χ0v) is 18.5. The molecule has 1 heterocycles. The molecule has 14 heteroatoms. The fourth-order valence-electron chi connectivity index (χ4n) is 2.84. The molecule has 0 aliphatic rings. The molecule has 0 atom stereocenters. The minimum absolute atomic E-state index is 0.152. The Kier molecular flexibility index (Phi) is 6.39. The van der Waals surface area contributed by atoms with Gasteiger partial charge in [-0.05, 0) is 31.2 Å². The molecule has 33 heavy (non-hydrogen) atoms. The summed E-state index contributed by atoms with van der Waals surface area (Å²) in [6.45, 7) is 1.18. The first-order chi connectivity index (χ1) is 15.5. The van der Waals surface area contributed by atoms with Gasteiger partial charge in [-0.1, -0.05) is 0 Å². The lowest BCUT2D eigenvalue weighted by Gasteiger charge is -2.13. The molecule has 0 aliphatic carbocycles. The summed E-state index contributed by atoms with van der Waals surface area (Å²) in [5.41, 5.74) is 0.0266. The van der Waals surface area contributed by atoms with E-state index >= 15 is 0 Å². The van der Waals surface area contributed by atoms with E-state index in [4.69, 9.17) is 0 Å². The number of aromatic nitrogens is 2. The maximum Gasteiger partial charge on any atom is 0.280 e. The number of nitrogens with zero attached hydrogens (tertiary/aromatic N) is 5. The van der Waals surface area contributed by atoms with Gasteiger partial charge in [-0.25, -0.2) is 8.42 Å². The Bertz CT molecular complexity index is 1290. The highest BCUT2D eigenvalue weighted by molar-refractivity contribution is 7.92. The van der Waals surface area contributed by atoms with Gasteiger partial charge in [0.05, 0.1) is 21.7 Å². The van der Waals surface area contributed by atoms with E-state index in [0.29, 0.717) is 11.5 Å². The third-order valence-electron chi connectivity index (χ3n) is 4.60.